The minimum absolute atomic E-state index is 0.447. The Hall–Kier alpha value is -3.75. The van der Waals surface area contributed by atoms with Gasteiger partial charge in [-0.15, -0.1) is 0 Å². The molecule has 0 spiro atoms. The molecule has 1 aliphatic rings. The summed E-state index contributed by atoms with van der Waals surface area (Å²) in [5, 5.41) is 4.35. The number of nitrogens with zero attached hydrogens (tertiary/aromatic N) is 5. The lowest BCUT2D eigenvalue weighted by atomic mass is 10.1. The molecular weight excluding hydrogens is 392 g/mol. The normalized spacial score (nSPS) is 14.6. The van der Waals surface area contributed by atoms with Crippen LogP contribution in [0.1, 0.15) is 10.4 Å². The van der Waals surface area contributed by atoms with Crippen molar-refractivity contribution in [2.45, 2.75) is 0 Å². The van der Waals surface area contributed by atoms with Gasteiger partial charge in [0.25, 0.3) is 0 Å². The van der Waals surface area contributed by atoms with E-state index in [2.05, 4.69) is 27.1 Å². The minimum Gasteiger partial charge on any atom is -0.379 e. The number of hydrazine groups is 1. The number of primary amides is 1. The lowest BCUT2D eigenvalue weighted by Crippen LogP contribution is -2.47. The van der Waals surface area contributed by atoms with Gasteiger partial charge in [0.15, 0.2) is 11.5 Å². The summed E-state index contributed by atoms with van der Waals surface area (Å²) >= 11 is 0. The number of nitrogens with two attached hydrogens (primary N) is 1. The Morgan fingerprint density at radius 1 is 1.00 bits per heavy atom. The van der Waals surface area contributed by atoms with Crippen molar-refractivity contribution in [3.05, 3.63) is 78.8 Å². The molecule has 156 valence electrons. The number of rotatable bonds is 5. The highest BCUT2D eigenvalue weighted by Crippen LogP contribution is 2.31. The Kier molecular flexibility index (Phi) is 5.07. The SMILES string of the molecule is NC(=O)c1ccc(-c2cnc(N(c3ccccc3)N3CCOCC3)c3nccn23)cc1. The highest BCUT2D eigenvalue weighted by atomic mass is 16.5. The highest BCUT2D eigenvalue weighted by molar-refractivity contribution is 5.93. The molecule has 1 saturated heterocycles. The molecule has 0 saturated carbocycles. The molecular formula is C23H22N6O2. The number of aromatic nitrogens is 3. The lowest BCUT2D eigenvalue weighted by Gasteiger charge is -2.38. The van der Waals surface area contributed by atoms with Crippen LogP contribution < -0.4 is 10.7 Å². The summed E-state index contributed by atoms with van der Waals surface area (Å²) in [4.78, 5) is 20.9. The largest absolute Gasteiger partial charge is 0.379 e. The zero-order valence-corrected chi connectivity index (χ0v) is 16.9. The average molecular weight is 414 g/mol. The molecule has 1 aliphatic heterocycles. The van der Waals surface area contributed by atoms with Gasteiger partial charge in [-0.05, 0) is 24.3 Å². The zero-order valence-electron chi connectivity index (χ0n) is 16.9. The topological polar surface area (TPSA) is 89.0 Å². The predicted octanol–water partition coefficient (Wildman–Crippen LogP) is 2.88. The van der Waals surface area contributed by atoms with E-state index in [9.17, 15) is 4.79 Å². The van der Waals surface area contributed by atoms with Gasteiger partial charge in [0.1, 0.15) is 0 Å². The molecule has 0 atom stereocenters. The van der Waals surface area contributed by atoms with Gasteiger partial charge in [-0.3, -0.25) is 14.2 Å². The van der Waals surface area contributed by atoms with Crippen LogP contribution in [0.15, 0.2) is 73.2 Å². The van der Waals surface area contributed by atoms with Crippen molar-refractivity contribution < 1.29 is 9.53 Å². The Labute approximate surface area is 179 Å². The standard InChI is InChI=1S/C23H22N6O2/c24-21(30)18-8-6-17(7-9-18)20-16-26-23(22-25-10-11-28(20)22)29(19-4-2-1-3-5-19)27-12-14-31-15-13-27/h1-11,16H,12-15H2,(H2,24,30). The van der Waals surface area contributed by atoms with Crippen LogP contribution in [0, 0.1) is 0 Å². The summed E-state index contributed by atoms with van der Waals surface area (Å²) in [5.74, 6) is 0.299. The van der Waals surface area contributed by atoms with Gasteiger partial charge in [-0.1, -0.05) is 30.3 Å². The van der Waals surface area contributed by atoms with Crippen LogP contribution >= 0.6 is 0 Å². The van der Waals surface area contributed by atoms with Crippen LogP contribution in [-0.2, 0) is 4.74 Å². The molecule has 2 aromatic carbocycles. The number of anilines is 2. The molecule has 0 radical (unpaired) electrons. The number of carbonyl (C=O) groups is 1. The quantitative estimate of drug-likeness (QED) is 0.540. The fourth-order valence-corrected chi connectivity index (χ4v) is 3.82. The molecule has 1 fully saturated rings. The summed E-state index contributed by atoms with van der Waals surface area (Å²) in [7, 11) is 0. The first-order chi connectivity index (χ1) is 15.2. The summed E-state index contributed by atoms with van der Waals surface area (Å²) in [6.45, 7) is 2.86. The van der Waals surface area contributed by atoms with Gasteiger partial charge in [-0.2, -0.15) is 0 Å². The Bertz CT molecular complexity index is 1200. The van der Waals surface area contributed by atoms with Crippen molar-refractivity contribution >= 4 is 23.1 Å². The molecule has 3 heterocycles. The number of hydrogen-bond donors (Lipinski definition) is 1. The van der Waals surface area contributed by atoms with Crippen molar-refractivity contribution in [1.29, 1.82) is 0 Å². The van der Waals surface area contributed by atoms with Gasteiger partial charge in [0, 0.05) is 36.6 Å². The maximum Gasteiger partial charge on any atom is 0.248 e. The first-order valence-electron chi connectivity index (χ1n) is 10.1. The van der Waals surface area contributed by atoms with Gasteiger partial charge >= 0.3 is 0 Å². The van der Waals surface area contributed by atoms with Crippen molar-refractivity contribution in [2.75, 3.05) is 31.3 Å². The van der Waals surface area contributed by atoms with Crippen LogP contribution in [0.3, 0.4) is 0 Å². The average Bonchev–Trinajstić information content (AvgIpc) is 3.31. The van der Waals surface area contributed by atoms with Gasteiger partial charge in [0.2, 0.25) is 5.91 Å². The molecule has 8 nitrogen and oxygen atoms in total. The maximum absolute atomic E-state index is 11.4. The fraction of sp³-hybridized carbons (Fsp3) is 0.174. The summed E-state index contributed by atoms with van der Waals surface area (Å²) in [5.41, 5.74) is 9.40. The highest BCUT2D eigenvalue weighted by Gasteiger charge is 2.25. The van der Waals surface area contributed by atoms with E-state index in [0.717, 1.165) is 41.5 Å². The third kappa shape index (κ3) is 3.63. The van der Waals surface area contributed by atoms with E-state index in [0.29, 0.717) is 18.8 Å². The molecule has 2 aromatic heterocycles. The third-order valence-electron chi connectivity index (χ3n) is 5.35. The second-order valence-corrected chi connectivity index (χ2v) is 7.24. The van der Waals surface area contributed by atoms with Crippen LogP contribution in [-0.4, -0.2) is 51.6 Å². The van der Waals surface area contributed by atoms with E-state index < -0.39 is 5.91 Å². The third-order valence-corrected chi connectivity index (χ3v) is 5.35. The van der Waals surface area contributed by atoms with Gasteiger partial charge in [-0.25, -0.2) is 15.0 Å². The molecule has 0 bridgehead atoms. The second-order valence-electron chi connectivity index (χ2n) is 7.24. The van der Waals surface area contributed by atoms with Crippen LogP contribution in [0.25, 0.3) is 16.9 Å². The Morgan fingerprint density at radius 3 is 2.45 bits per heavy atom. The first kappa shape index (κ1) is 19.2. The van der Waals surface area contributed by atoms with E-state index in [4.69, 9.17) is 15.5 Å². The number of hydrogen-bond acceptors (Lipinski definition) is 6. The van der Waals surface area contributed by atoms with Crippen LogP contribution in [0.5, 0.6) is 0 Å². The molecule has 5 rings (SSSR count). The first-order valence-corrected chi connectivity index (χ1v) is 10.1. The number of morpholine rings is 1. The molecule has 4 aromatic rings. The zero-order chi connectivity index (χ0) is 21.2. The molecule has 1 amide bonds. The summed E-state index contributed by atoms with van der Waals surface area (Å²) in [6, 6.07) is 17.3. The summed E-state index contributed by atoms with van der Waals surface area (Å²) in [6.07, 6.45) is 5.52. The van der Waals surface area contributed by atoms with Gasteiger partial charge in [0.05, 0.1) is 30.8 Å². The van der Waals surface area contributed by atoms with Crippen molar-refractivity contribution in [2.24, 2.45) is 5.73 Å². The number of amides is 1. The van der Waals surface area contributed by atoms with Crippen LogP contribution in [0.4, 0.5) is 11.5 Å². The number of fused-ring (bicyclic) bond motifs is 1. The number of carbonyl (C=O) groups excluding carboxylic acids is 1. The Morgan fingerprint density at radius 2 is 1.74 bits per heavy atom. The smallest absolute Gasteiger partial charge is 0.248 e. The number of ether oxygens (including phenoxy) is 1. The predicted molar refractivity (Wildman–Crippen MR) is 118 cm³/mol. The number of benzene rings is 2. The van der Waals surface area contributed by atoms with E-state index in [1.165, 1.54) is 0 Å². The summed E-state index contributed by atoms with van der Waals surface area (Å²) < 4.78 is 7.57. The van der Waals surface area contributed by atoms with Crippen molar-refractivity contribution in [3.63, 3.8) is 0 Å². The van der Waals surface area contributed by atoms with E-state index in [1.807, 2.05) is 47.1 Å². The van der Waals surface area contributed by atoms with E-state index in [1.54, 1.807) is 18.3 Å². The number of imidazole rings is 1. The van der Waals surface area contributed by atoms with E-state index >= 15 is 0 Å². The Balaban J connectivity index is 1.62. The molecule has 2 N–H and O–H groups in total. The minimum atomic E-state index is -0.447. The molecule has 8 heteroatoms. The molecule has 0 aliphatic carbocycles. The van der Waals surface area contributed by atoms with Crippen molar-refractivity contribution in [1.82, 2.24) is 19.4 Å². The molecule has 0 unspecified atom stereocenters. The second kappa shape index (κ2) is 8.17. The van der Waals surface area contributed by atoms with Crippen molar-refractivity contribution in [3.8, 4) is 11.3 Å². The van der Waals surface area contributed by atoms with Crippen LogP contribution in [0.2, 0.25) is 0 Å². The molecule has 31 heavy (non-hydrogen) atoms. The fourth-order valence-electron chi connectivity index (χ4n) is 3.82. The lowest BCUT2D eigenvalue weighted by molar-refractivity contribution is 0.0376. The van der Waals surface area contributed by atoms with E-state index in [-0.39, 0.29) is 0 Å². The van der Waals surface area contributed by atoms with Gasteiger partial charge < -0.3 is 10.5 Å². The number of para-hydroxylation sites is 1. The monoisotopic (exact) mass is 414 g/mol. The maximum atomic E-state index is 11.4.